The largest absolute Gasteiger partial charge is 0.368 e. The molecule has 0 amide bonds. The number of rotatable bonds is 16. The predicted octanol–water partition coefficient (Wildman–Crippen LogP) is 1.31. The molecular formula is C18H34N4Si2. The Balaban J connectivity index is 6.27. The van der Waals surface area contributed by atoms with E-state index in [2.05, 4.69) is 57.8 Å². The zero-order valence-corrected chi connectivity index (χ0v) is 18.3. The molecule has 0 aliphatic carbocycles. The number of hydrogen-bond donors (Lipinski definition) is 1. The van der Waals surface area contributed by atoms with E-state index in [0.717, 1.165) is 49.7 Å². The fourth-order valence-corrected chi connectivity index (χ4v) is 10.3. The van der Waals surface area contributed by atoms with Gasteiger partial charge in [0.25, 0.3) is 0 Å². The molecule has 0 radical (unpaired) electrons. The highest BCUT2D eigenvalue weighted by Crippen LogP contribution is 2.19. The van der Waals surface area contributed by atoms with E-state index >= 15 is 0 Å². The van der Waals surface area contributed by atoms with Gasteiger partial charge in [0.2, 0.25) is 0 Å². The lowest BCUT2D eigenvalue weighted by molar-refractivity contribution is 0.290. The van der Waals surface area contributed by atoms with Crippen LogP contribution in [0, 0.1) is 0 Å². The van der Waals surface area contributed by atoms with Gasteiger partial charge in [0, 0.05) is 39.3 Å². The first kappa shape index (κ1) is 22.7. The van der Waals surface area contributed by atoms with Crippen molar-refractivity contribution in [3.63, 3.8) is 0 Å². The van der Waals surface area contributed by atoms with Crippen molar-refractivity contribution in [1.82, 2.24) is 18.3 Å². The van der Waals surface area contributed by atoms with Crippen molar-refractivity contribution in [2.24, 2.45) is 0 Å². The second-order valence-corrected chi connectivity index (χ2v) is 10.5. The molecule has 0 fully saturated rings. The lowest BCUT2D eigenvalue weighted by Gasteiger charge is -2.52. The van der Waals surface area contributed by atoms with Crippen molar-refractivity contribution >= 4 is 19.1 Å². The highest BCUT2D eigenvalue weighted by molar-refractivity contribution is 6.73. The molecule has 0 aromatic heterocycles. The minimum atomic E-state index is -2.40. The molecule has 0 bridgehead atoms. The molecule has 0 spiro atoms. The normalized spacial score (nSPS) is 11.6. The van der Waals surface area contributed by atoms with Gasteiger partial charge in [-0.2, -0.15) is 0 Å². The van der Waals surface area contributed by atoms with E-state index in [9.17, 15) is 0 Å². The van der Waals surface area contributed by atoms with Gasteiger partial charge in [-0.05, 0) is 0 Å². The Labute approximate surface area is 153 Å². The molecule has 0 unspecified atom stereocenters. The second-order valence-electron chi connectivity index (χ2n) is 5.33. The quantitative estimate of drug-likeness (QED) is 0.330. The molecule has 4 nitrogen and oxygen atoms in total. The highest BCUT2D eigenvalue weighted by Gasteiger charge is 2.49. The van der Waals surface area contributed by atoms with Crippen LogP contribution < -0.4 is 4.65 Å². The zero-order valence-electron chi connectivity index (χ0n) is 15.3. The van der Waals surface area contributed by atoms with E-state index in [4.69, 9.17) is 0 Å². The maximum absolute atomic E-state index is 3.95. The summed E-state index contributed by atoms with van der Waals surface area (Å²) in [5, 5.41) is 0. The first-order valence-electron chi connectivity index (χ1n) is 8.22. The zero-order chi connectivity index (χ0) is 18.4. The van der Waals surface area contributed by atoms with Gasteiger partial charge in [-0.15, -0.1) is 39.5 Å². The lowest BCUT2D eigenvalue weighted by atomic mass is 10.5. The Hall–Kier alpha value is -1.29. The molecule has 0 atom stereocenters. The highest BCUT2D eigenvalue weighted by atomic mass is 28.4. The maximum Gasteiger partial charge on any atom is 0.368 e. The summed E-state index contributed by atoms with van der Waals surface area (Å²) in [5.41, 5.74) is 0. The van der Waals surface area contributed by atoms with Crippen LogP contribution in [0.4, 0.5) is 0 Å². The van der Waals surface area contributed by atoms with Gasteiger partial charge >= 0.3 is 8.72 Å². The molecule has 134 valence electrons. The summed E-state index contributed by atoms with van der Waals surface area (Å²) in [4.78, 5) is 0. The molecule has 0 rings (SSSR count). The average molecular weight is 363 g/mol. The van der Waals surface area contributed by atoms with Gasteiger partial charge < -0.3 is 4.65 Å². The Kier molecular flexibility index (Phi) is 12.4. The molecule has 1 N–H and O–H groups in total. The number of nitrogens with one attached hydrogen (secondary N) is 1. The third kappa shape index (κ3) is 5.66. The first-order valence-corrected chi connectivity index (χ1v) is 11.1. The molecule has 0 saturated carbocycles. The van der Waals surface area contributed by atoms with Crippen LogP contribution in [0.2, 0.25) is 0 Å². The van der Waals surface area contributed by atoms with Crippen LogP contribution in [-0.4, -0.2) is 72.1 Å². The van der Waals surface area contributed by atoms with Crippen molar-refractivity contribution in [1.29, 1.82) is 0 Å². The Bertz CT molecular complexity index is 347. The van der Waals surface area contributed by atoms with Crippen LogP contribution >= 0.6 is 0 Å². The van der Waals surface area contributed by atoms with Crippen LogP contribution in [0.25, 0.3) is 0 Å². The smallest absolute Gasteiger partial charge is 0.330 e. The molecule has 24 heavy (non-hydrogen) atoms. The molecule has 0 aliphatic heterocycles. The molecular weight excluding hydrogens is 328 g/mol. The monoisotopic (exact) mass is 362 g/mol. The molecule has 0 aliphatic rings. The summed E-state index contributed by atoms with van der Waals surface area (Å²) in [5.74, 6) is 0. The number of nitrogens with zero attached hydrogens (tertiary/aromatic N) is 3. The molecule has 0 aromatic rings. The van der Waals surface area contributed by atoms with Crippen LogP contribution in [0.3, 0.4) is 0 Å². The van der Waals surface area contributed by atoms with Gasteiger partial charge in [0.05, 0.1) is 10.4 Å². The van der Waals surface area contributed by atoms with E-state index in [1.807, 2.05) is 36.5 Å². The topological polar surface area (TPSA) is 21.8 Å². The lowest BCUT2D eigenvalue weighted by Crippen LogP contribution is -2.82. The third-order valence-corrected chi connectivity index (χ3v) is 10.2. The minimum Gasteiger partial charge on any atom is -0.330 e. The SMILES string of the molecule is C=CCN(CC=C)[Si](N[SiH3])(N(CC=C)CC=C)N(CC=C)CC=C. The van der Waals surface area contributed by atoms with Crippen molar-refractivity contribution < 1.29 is 0 Å². The van der Waals surface area contributed by atoms with Gasteiger partial charge in [-0.1, -0.05) is 36.5 Å². The van der Waals surface area contributed by atoms with Crippen molar-refractivity contribution in [3.8, 4) is 0 Å². The van der Waals surface area contributed by atoms with Crippen LogP contribution in [0.1, 0.15) is 0 Å². The minimum absolute atomic E-state index is 0.781. The van der Waals surface area contributed by atoms with E-state index in [1.165, 1.54) is 0 Å². The molecule has 0 aromatic carbocycles. The summed E-state index contributed by atoms with van der Waals surface area (Å²) >= 11 is 0. The Morgan fingerprint density at radius 2 is 0.792 bits per heavy atom. The second kappa shape index (κ2) is 13.1. The van der Waals surface area contributed by atoms with Crippen LogP contribution in [0.5, 0.6) is 0 Å². The number of hydrogen-bond acceptors (Lipinski definition) is 4. The van der Waals surface area contributed by atoms with Gasteiger partial charge in [-0.3, -0.25) is 13.7 Å². The molecule has 0 heterocycles. The third-order valence-electron chi connectivity index (χ3n) is 3.76. The van der Waals surface area contributed by atoms with Gasteiger partial charge in [0.1, 0.15) is 0 Å². The van der Waals surface area contributed by atoms with Crippen molar-refractivity contribution in [2.75, 3.05) is 39.3 Å². The Morgan fingerprint density at radius 1 is 0.583 bits per heavy atom. The Morgan fingerprint density at radius 3 is 0.917 bits per heavy atom. The molecule has 0 saturated heterocycles. The first-order chi connectivity index (χ1) is 11.6. The van der Waals surface area contributed by atoms with Gasteiger partial charge in [-0.25, -0.2) is 0 Å². The van der Waals surface area contributed by atoms with Crippen molar-refractivity contribution in [2.45, 2.75) is 0 Å². The summed E-state index contributed by atoms with van der Waals surface area (Å²) in [6.45, 7) is 28.4. The predicted molar refractivity (Wildman–Crippen MR) is 115 cm³/mol. The molecule has 6 heteroatoms. The van der Waals surface area contributed by atoms with Crippen LogP contribution in [-0.2, 0) is 0 Å². The summed E-state index contributed by atoms with van der Waals surface area (Å²) in [6.07, 6.45) is 11.7. The fraction of sp³-hybridized carbons (Fsp3) is 0.333. The van der Waals surface area contributed by atoms with E-state index in [1.54, 1.807) is 0 Å². The fourth-order valence-electron chi connectivity index (χ4n) is 3.00. The van der Waals surface area contributed by atoms with E-state index in [-0.39, 0.29) is 0 Å². The van der Waals surface area contributed by atoms with E-state index in [0.29, 0.717) is 0 Å². The summed E-state index contributed by atoms with van der Waals surface area (Å²) in [7, 11) is -1.54. The van der Waals surface area contributed by atoms with Crippen molar-refractivity contribution in [3.05, 3.63) is 75.9 Å². The average Bonchev–Trinajstić information content (AvgIpc) is 2.57. The maximum atomic E-state index is 3.95. The van der Waals surface area contributed by atoms with E-state index < -0.39 is 8.72 Å². The van der Waals surface area contributed by atoms with Gasteiger partial charge in [0.15, 0.2) is 0 Å². The summed E-state index contributed by atoms with van der Waals surface area (Å²) < 4.78 is 11.1. The standard InChI is InChI=1S/C18H34N4Si2/c1-7-13-20(14-8-2)24(19-23,21(15-9-3)16-10-4)22(17-11-5)18-12-6/h7-12,19H,1-6,13-18H2,23H3. The van der Waals surface area contributed by atoms with Crippen LogP contribution in [0.15, 0.2) is 75.9 Å². The summed E-state index contributed by atoms with van der Waals surface area (Å²) in [6, 6.07) is 0.